The van der Waals surface area contributed by atoms with E-state index in [1.165, 1.54) is 0 Å². The summed E-state index contributed by atoms with van der Waals surface area (Å²) in [6.45, 7) is 3.55. The predicted octanol–water partition coefficient (Wildman–Crippen LogP) is 3.92. The number of carbonyl (C=O) groups is 1. The van der Waals surface area contributed by atoms with Crippen LogP contribution in [0.5, 0.6) is 0 Å². The van der Waals surface area contributed by atoms with E-state index in [1.807, 2.05) is 48.0 Å². The van der Waals surface area contributed by atoms with E-state index in [2.05, 4.69) is 11.1 Å². The fraction of sp³-hybridized carbons (Fsp3) is 0.222. The van der Waals surface area contributed by atoms with Gasteiger partial charge in [-0.05, 0) is 36.2 Å². The lowest BCUT2D eigenvalue weighted by molar-refractivity contribution is 0.157. The molecule has 1 aromatic carbocycles. The Morgan fingerprint density at radius 2 is 2.17 bits per heavy atom. The van der Waals surface area contributed by atoms with Crippen molar-refractivity contribution in [1.29, 1.82) is 0 Å². The normalized spacial score (nSPS) is 14.4. The van der Waals surface area contributed by atoms with Gasteiger partial charge in [-0.1, -0.05) is 23.7 Å². The molecular formula is C18H16ClN3O2. The van der Waals surface area contributed by atoms with E-state index in [4.69, 9.17) is 16.3 Å². The number of hydrogen-bond donors (Lipinski definition) is 0. The fourth-order valence-electron chi connectivity index (χ4n) is 3.02. The van der Waals surface area contributed by atoms with Crippen molar-refractivity contribution in [3.05, 3.63) is 59.0 Å². The second kappa shape index (κ2) is 5.83. The Bertz CT molecular complexity index is 935. The second-order valence-corrected chi connectivity index (χ2v) is 6.36. The Balaban J connectivity index is 1.83. The van der Waals surface area contributed by atoms with Crippen molar-refractivity contribution in [2.24, 2.45) is 0 Å². The topological polar surface area (TPSA) is 46.8 Å². The van der Waals surface area contributed by atoms with Crippen LogP contribution in [0, 0.1) is 6.92 Å². The highest BCUT2D eigenvalue weighted by Crippen LogP contribution is 2.28. The molecular weight excluding hydrogens is 326 g/mol. The van der Waals surface area contributed by atoms with Gasteiger partial charge in [-0.2, -0.15) is 0 Å². The van der Waals surface area contributed by atoms with E-state index in [-0.39, 0.29) is 6.09 Å². The van der Waals surface area contributed by atoms with E-state index in [0.717, 1.165) is 28.0 Å². The van der Waals surface area contributed by atoms with Crippen LogP contribution >= 0.6 is 11.6 Å². The highest BCUT2D eigenvalue weighted by Gasteiger charge is 2.22. The van der Waals surface area contributed by atoms with Crippen LogP contribution in [0.2, 0.25) is 5.02 Å². The van der Waals surface area contributed by atoms with Crippen molar-refractivity contribution in [1.82, 2.24) is 14.3 Å². The summed E-state index contributed by atoms with van der Waals surface area (Å²) in [7, 11) is 0. The number of amides is 1. The van der Waals surface area contributed by atoms with Crippen molar-refractivity contribution in [3.63, 3.8) is 0 Å². The number of aromatic nitrogens is 2. The highest BCUT2D eigenvalue weighted by molar-refractivity contribution is 6.30. The third-order valence-electron chi connectivity index (χ3n) is 4.08. The summed E-state index contributed by atoms with van der Waals surface area (Å²) >= 11 is 6.15. The molecule has 1 aliphatic heterocycles. The molecule has 3 heterocycles. The SMILES string of the molecule is Cc1cn2cc(CN3CCOC3=O)cc(-c3cccc(Cl)c3)c2n1. The minimum absolute atomic E-state index is 0.263. The molecule has 6 heteroatoms. The first-order chi connectivity index (χ1) is 11.6. The number of cyclic esters (lactones) is 1. The Kier molecular flexibility index (Phi) is 3.65. The molecule has 0 unspecified atom stereocenters. The smallest absolute Gasteiger partial charge is 0.410 e. The largest absolute Gasteiger partial charge is 0.448 e. The molecule has 24 heavy (non-hydrogen) atoms. The molecule has 0 atom stereocenters. The standard InChI is InChI=1S/C18H16ClN3O2/c1-12-9-22-11-13(10-21-5-6-24-18(21)23)7-16(17(22)20-12)14-3-2-4-15(19)8-14/h2-4,7-9,11H,5-6,10H2,1H3. The Hall–Kier alpha value is -2.53. The third-order valence-corrected chi connectivity index (χ3v) is 4.32. The van der Waals surface area contributed by atoms with Crippen LogP contribution in [-0.2, 0) is 11.3 Å². The van der Waals surface area contributed by atoms with Gasteiger partial charge in [-0.25, -0.2) is 9.78 Å². The van der Waals surface area contributed by atoms with E-state index < -0.39 is 0 Å². The Labute approximate surface area is 144 Å². The average Bonchev–Trinajstić information content (AvgIpc) is 3.11. The van der Waals surface area contributed by atoms with Crippen LogP contribution in [0.3, 0.4) is 0 Å². The number of nitrogens with zero attached hydrogens (tertiary/aromatic N) is 3. The van der Waals surface area contributed by atoms with E-state index in [9.17, 15) is 4.79 Å². The molecule has 1 saturated heterocycles. The first kappa shape index (κ1) is 15.0. The van der Waals surface area contributed by atoms with Gasteiger partial charge in [-0.15, -0.1) is 0 Å². The quantitative estimate of drug-likeness (QED) is 0.725. The molecule has 2 aromatic heterocycles. The summed E-state index contributed by atoms with van der Waals surface area (Å²) < 4.78 is 7.01. The summed E-state index contributed by atoms with van der Waals surface area (Å²) in [5.74, 6) is 0. The maximum atomic E-state index is 11.7. The molecule has 5 nitrogen and oxygen atoms in total. The van der Waals surface area contributed by atoms with Crippen LogP contribution in [-0.4, -0.2) is 33.5 Å². The molecule has 0 N–H and O–H groups in total. The molecule has 0 radical (unpaired) electrons. The number of hydrogen-bond acceptors (Lipinski definition) is 3. The van der Waals surface area contributed by atoms with Crippen LogP contribution in [0.15, 0.2) is 42.7 Å². The van der Waals surface area contributed by atoms with E-state index in [1.54, 1.807) is 4.90 Å². The van der Waals surface area contributed by atoms with E-state index >= 15 is 0 Å². The lowest BCUT2D eigenvalue weighted by Gasteiger charge is -2.14. The van der Waals surface area contributed by atoms with Crippen molar-refractivity contribution in [2.75, 3.05) is 13.2 Å². The summed E-state index contributed by atoms with van der Waals surface area (Å²) in [6, 6.07) is 9.78. The molecule has 0 bridgehead atoms. The molecule has 122 valence electrons. The molecule has 3 aromatic rings. The average molecular weight is 342 g/mol. The predicted molar refractivity (Wildman–Crippen MR) is 92.1 cm³/mol. The van der Waals surface area contributed by atoms with Gasteiger partial charge in [0.25, 0.3) is 0 Å². The number of pyridine rings is 1. The van der Waals surface area contributed by atoms with Gasteiger partial charge >= 0.3 is 6.09 Å². The number of fused-ring (bicyclic) bond motifs is 1. The lowest BCUT2D eigenvalue weighted by Crippen LogP contribution is -2.23. The number of halogens is 1. The zero-order valence-electron chi connectivity index (χ0n) is 13.2. The van der Waals surface area contributed by atoms with Gasteiger partial charge in [0.2, 0.25) is 0 Å². The zero-order chi connectivity index (χ0) is 16.7. The van der Waals surface area contributed by atoms with Crippen LogP contribution in [0.25, 0.3) is 16.8 Å². The molecule has 1 fully saturated rings. The first-order valence-electron chi connectivity index (χ1n) is 7.76. The monoisotopic (exact) mass is 341 g/mol. The van der Waals surface area contributed by atoms with Gasteiger partial charge in [0, 0.05) is 23.0 Å². The van der Waals surface area contributed by atoms with Crippen molar-refractivity contribution >= 4 is 23.3 Å². The van der Waals surface area contributed by atoms with Gasteiger partial charge in [0.05, 0.1) is 18.8 Å². The molecule has 0 spiro atoms. The number of rotatable bonds is 3. The molecule has 0 aliphatic carbocycles. The fourth-order valence-corrected chi connectivity index (χ4v) is 3.21. The van der Waals surface area contributed by atoms with Gasteiger partial charge in [-0.3, -0.25) is 0 Å². The Morgan fingerprint density at radius 1 is 1.29 bits per heavy atom. The van der Waals surface area contributed by atoms with Crippen molar-refractivity contribution < 1.29 is 9.53 Å². The number of carbonyl (C=O) groups excluding carboxylic acids is 1. The number of benzene rings is 1. The summed E-state index contributed by atoms with van der Waals surface area (Å²) in [5, 5.41) is 0.683. The zero-order valence-corrected chi connectivity index (χ0v) is 14.0. The minimum atomic E-state index is -0.263. The van der Waals surface area contributed by atoms with Crippen LogP contribution in [0.1, 0.15) is 11.3 Å². The number of aryl methyl sites for hydroxylation is 1. The number of imidazole rings is 1. The maximum Gasteiger partial charge on any atom is 0.410 e. The summed E-state index contributed by atoms with van der Waals surface area (Å²) in [4.78, 5) is 18.0. The highest BCUT2D eigenvalue weighted by atomic mass is 35.5. The summed E-state index contributed by atoms with van der Waals surface area (Å²) in [5.41, 5.74) is 4.84. The number of ether oxygens (including phenoxy) is 1. The molecule has 4 rings (SSSR count). The van der Waals surface area contributed by atoms with Gasteiger partial charge in [0.15, 0.2) is 0 Å². The lowest BCUT2D eigenvalue weighted by atomic mass is 10.0. The summed E-state index contributed by atoms with van der Waals surface area (Å²) in [6.07, 6.45) is 3.73. The van der Waals surface area contributed by atoms with E-state index in [0.29, 0.717) is 24.7 Å². The minimum Gasteiger partial charge on any atom is -0.448 e. The maximum absolute atomic E-state index is 11.7. The van der Waals surface area contributed by atoms with Crippen molar-refractivity contribution in [3.8, 4) is 11.1 Å². The van der Waals surface area contributed by atoms with Crippen molar-refractivity contribution in [2.45, 2.75) is 13.5 Å². The van der Waals surface area contributed by atoms with Gasteiger partial charge in [0.1, 0.15) is 12.3 Å². The third kappa shape index (κ3) is 2.71. The first-order valence-corrected chi connectivity index (χ1v) is 8.14. The molecule has 1 aliphatic rings. The van der Waals surface area contributed by atoms with Gasteiger partial charge < -0.3 is 14.0 Å². The molecule has 0 saturated carbocycles. The molecule has 1 amide bonds. The Morgan fingerprint density at radius 3 is 2.92 bits per heavy atom. The van der Waals surface area contributed by atoms with Crippen LogP contribution in [0.4, 0.5) is 4.79 Å². The van der Waals surface area contributed by atoms with Crippen LogP contribution < -0.4 is 0 Å². The second-order valence-electron chi connectivity index (χ2n) is 5.92.